The van der Waals surface area contributed by atoms with Gasteiger partial charge in [-0.25, -0.2) is 9.97 Å². The molecule has 1 aromatic rings. The first-order valence-corrected chi connectivity index (χ1v) is 8.41. The van der Waals surface area contributed by atoms with Crippen LogP contribution in [-0.2, 0) is 0 Å². The highest BCUT2D eigenvalue weighted by Gasteiger charge is 2.25. The zero-order chi connectivity index (χ0) is 14.6. The lowest BCUT2D eigenvalue weighted by Crippen LogP contribution is -2.29. The Morgan fingerprint density at radius 1 is 1.40 bits per heavy atom. The summed E-state index contributed by atoms with van der Waals surface area (Å²) in [6, 6.07) is 2.00. The van der Waals surface area contributed by atoms with E-state index in [9.17, 15) is 5.11 Å². The van der Waals surface area contributed by atoms with Gasteiger partial charge in [-0.2, -0.15) is 0 Å². The van der Waals surface area contributed by atoms with Crippen LogP contribution in [0.25, 0.3) is 0 Å². The quantitative estimate of drug-likeness (QED) is 0.657. The topological polar surface area (TPSA) is 61.3 Å². The molecule has 1 aromatic heterocycles. The summed E-state index contributed by atoms with van der Waals surface area (Å²) < 4.78 is 0. The van der Waals surface area contributed by atoms with Gasteiger partial charge in [0.1, 0.15) is 11.6 Å². The van der Waals surface area contributed by atoms with Crippen LogP contribution in [0.15, 0.2) is 11.2 Å². The Morgan fingerprint density at radius 3 is 2.90 bits per heavy atom. The lowest BCUT2D eigenvalue weighted by Gasteiger charge is -2.24. The summed E-state index contributed by atoms with van der Waals surface area (Å²) in [4.78, 5) is 11.3. The van der Waals surface area contributed by atoms with Crippen molar-refractivity contribution >= 4 is 23.4 Å². The van der Waals surface area contributed by atoms with Crippen molar-refractivity contribution in [3.05, 3.63) is 6.07 Å². The molecule has 6 heteroatoms. The highest BCUT2D eigenvalue weighted by molar-refractivity contribution is 7.98. The van der Waals surface area contributed by atoms with Gasteiger partial charge < -0.3 is 15.3 Å². The summed E-state index contributed by atoms with van der Waals surface area (Å²) in [5.74, 6) is 1.83. The molecule has 1 fully saturated rings. The molecule has 0 aromatic carbocycles. The second-order valence-corrected chi connectivity index (χ2v) is 6.24. The van der Waals surface area contributed by atoms with Gasteiger partial charge in [-0.1, -0.05) is 11.8 Å². The van der Waals surface area contributed by atoms with Crippen LogP contribution in [0.2, 0.25) is 0 Å². The van der Waals surface area contributed by atoms with Gasteiger partial charge in [0, 0.05) is 25.7 Å². The van der Waals surface area contributed by atoms with E-state index in [1.165, 1.54) is 0 Å². The number of aliphatic hydroxyl groups is 1. The molecule has 1 atom stereocenters. The Hall–Kier alpha value is -1.01. The molecule has 0 aliphatic carbocycles. The highest BCUT2D eigenvalue weighted by Crippen LogP contribution is 2.26. The molecule has 1 aliphatic heterocycles. The van der Waals surface area contributed by atoms with Crippen molar-refractivity contribution < 1.29 is 5.11 Å². The van der Waals surface area contributed by atoms with E-state index in [0.29, 0.717) is 0 Å². The third-order valence-electron chi connectivity index (χ3n) is 3.62. The summed E-state index contributed by atoms with van der Waals surface area (Å²) in [7, 11) is 0. The Balaban J connectivity index is 2.20. The predicted octanol–water partition coefficient (Wildman–Crippen LogP) is 2.37. The molecule has 2 heterocycles. The molecule has 2 rings (SSSR count). The van der Waals surface area contributed by atoms with Gasteiger partial charge in [-0.15, -0.1) is 0 Å². The molecular formula is C14H24N4OS. The van der Waals surface area contributed by atoms with E-state index >= 15 is 0 Å². The van der Waals surface area contributed by atoms with Crippen molar-refractivity contribution in [3.63, 3.8) is 0 Å². The molecular weight excluding hydrogens is 272 g/mol. The lowest BCUT2D eigenvalue weighted by atomic mass is 9.98. The van der Waals surface area contributed by atoms with Crippen LogP contribution in [0, 0.1) is 0 Å². The third kappa shape index (κ3) is 3.99. The monoisotopic (exact) mass is 296 g/mol. The fraction of sp³-hybridized carbons (Fsp3) is 0.714. The smallest absolute Gasteiger partial charge is 0.191 e. The zero-order valence-electron chi connectivity index (χ0n) is 12.5. The fourth-order valence-electron chi connectivity index (χ4n) is 2.43. The molecule has 0 bridgehead atoms. The minimum atomic E-state index is -0.547. The average molecular weight is 296 g/mol. The largest absolute Gasteiger partial charge is 0.390 e. The standard InChI is InChI=1S/C14H24N4OS/c1-4-15-11-10-12(17-13(16-11)20-3)18-8-5-6-14(2,19)7-9-18/h10,19H,4-9H2,1-3H3,(H,15,16,17). The van der Waals surface area contributed by atoms with Gasteiger partial charge in [0.25, 0.3) is 0 Å². The summed E-state index contributed by atoms with van der Waals surface area (Å²) in [6.07, 6.45) is 4.61. The van der Waals surface area contributed by atoms with Gasteiger partial charge >= 0.3 is 0 Å². The van der Waals surface area contributed by atoms with Crippen molar-refractivity contribution in [2.45, 2.75) is 43.9 Å². The van der Waals surface area contributed by atoms with Crippen LogP contribution in [0.5, 0.6) is 0 Å². The molecule has 2 N–H and O–H groups in total. The molecule has 0 amide bonds. The first-order chi connectivity index (χ1) is 9.54. The SMILES string of the molecule is CCNc1cc(N2CCCC(C)(O)CC2)nc(SC)n1. The summed E-state index contributed by atoms with van der Waals surface area (Å²) in [5.41, 5.74) is -0.547. The minimum Gasteiger partial charge on any atom is -0.390 e. The maximum atomic E-state index is 10.2. The van der Waals surface area contributed by atoms with Crippen LogP contribution in [0.1, 0.15) is 33.1 Å². The molecule has 0 radical (unpaired) electrons. The number of hydrogen-bond donors (Lipinski definition) is 2. The van der Waals surface area contributed by atoms with Crippen LogP contribution < -0.4 is 10.2 Å². The van der Waals surface area contributed by atoms with Crippen molar-refractivity contribution in [1.29, 1.82) is 0 Å². The number of anilines is 2. The summed E-state index contributed by atoms with van der Waals surface area (Å²) in [6.45, 7) is 6.60. The Morgan fingerprint density at radius 2 is 2.20 bits per heavy atom. The Labute approximate surface area is 125 Å². The van der Waals surface area contributed by atoms with E-state index in [4.69, 9.17) is 0 Å². The molecule has 0 saturated carbocycles. The molecule has 1 aliphatic rings. The van der Waals surface area contributed by atoms with E-state index < -0.39 is 5.60 Å². The number of rotatable bonds is 4. The van der Waals surface area contributed by atoms with Crippen LogP contribution in [0.4, 0.5) is 11.6 Å². The zero-order valence-corrected chi connectivity index (χ0v) is 13.3. The third-order valence-corrected chi connectivity index (χ3v) is 4.17. The Bertz CT molecular complexity index is 453. The summed E-state index contributed by atoms with van der Waals surface area (Å²) in [5, 5.41) is 14.2. The number of hydrogen-bond acceptors (Lipinski definition) is 6. The molecule has 112 valence electrons. The number of nitrogens with zero attached hydrogens (tertiary/aromatic N) is 3. The summed E-state index contributed by atoms with van der Waals surface area (Å²) >= 11 is 1.55. The number of thioether (sulfide) groups is 1. The second kappa shape index (κ2) is 6.63. The molecule has 5 nitrogen and oxygen atoms in total. The first-order valence-electron chi connectivity index (χ1n) is 7.18. The highest BCUT2D eigenvalue weighted by atomic mass is 32.2. The van der Waals surface area contributed by atoms with E-state index in [-0.39, 0.29) is 0 Å². The maximum absolute atomic E-state index is 10.2. The second-order valence-electron chi connectivity index (χ2n) is 5.47. The van der Waals surface area contributed by atoms with Gasteiger partial charge in [-0.05, 0) is 39.4 Å². The molecule has 0 spiro atoms. The normalized spacial score (nSPS) is 23.5. The lowest BCUT2D eigenvalue weighted by molar-refractivity contribution is 0.0481. The van der Waals surface area contributed by atoms with Gasteiger partial charge in [-0.3, -0.25) is 0 Å². The van der Waals surface area contributed by atoms with E-state index in [0.717, 1.165) is 55.7 Å². The average Bonchev–Trinajstić information content (AvgIpc) is 2.59. The van der Waals surface area contributed by atoms with Gasteiger partial charge in [0.2, 0.25) is 0 Å². The minimum absolute atomic E-state index is 0.547. The van der Waals surface area contributed by atoms with E-state index in [1.54, 1.807) is 11.8 Å². The van der Waals surface area contributed by atoms with Crippen molar-refractivity contribution in [1.82, 2.24) is 9.97 Å². The number of aromatic nitrogens is 2. The van der Waals surface area contributed by atoms with Crippen LogP contribution in [-0.4, -0.2) is 46.6 Å². The fourth-order valence-corrected chi connectivity index (χ4v) is 2.80. The van der Waals surface area contributed by atoms with E-state index in [2.05, 4.69) is 27.1 Å². The van der Waals surface area contributed by atoms with Crippen molar-refractivity contribution in [2.75, 3.05) is 36.1 Å². The predicted molar refractivity (Wildman–Crippen MR) is 84.7 cm³/mol. The molecule has 20 heavy (non-hydrogen) atoms. The maximum Gasteiger partial charge on any atom is 0.191 e. The van der Waals surface area contributed by atoms with Gasteiger partial charge in [0.15, 0.2) is 5.16 Å². The first kappa shape index (κ1) is 15.4. The van der Waals surface area contributed by atoms with Crippen LogP contribution in [0.3, 0.4) is 0 Å². The van der Waals surface area contributed by atoms with Crippen LogP contribution >= 0.6 is 11.8 Å². The van der Waals surface area contributed by atoms with Gasteiger partial charge in [0.05, 0.1) is 5.60 Å². The molecule has 1 saturated heterocycles. The number of nitrogens with one attached hydrogen (secondary N) is 1. The van der Waals surface area contributed by atoms with Crippen molar-refractivity contribution in [2.24, 2.45) is 0 Å². The van der Waals surface area contributed by atoms with Crippen molar-refractivity contribution in [3.8, 4) is 0 Å². The Kier molecular flexibility index (Phi) is 5.10. The molecule has 1 unspecified atom stereocenters. The van der Waals surface area contributed by atoms with E-state index in [1.807, 2.05) is 19.2 Å².